The molecule has 11 heteroatoms. The van der Waals surface area contributed by atoms with E-state index in [4.69, 9.17) is 18.3 Å². The molecule has 3 atom stereocenters. The van der Waals surface area contributed by atoms with Crippen LogP contribution in [0, 0.1) is 5.82 Å². The number of rotatable bonds is 7. The molecule has 1 aromatic heterocycles. The fraction of sp³-hybridized carbons (Fsp3) is 0.733. The van der Waals surface area contributed by atoms with Gasteiger partial charge in [0, 0.05) is 0 Å². The van der Waals surface area contributed by atoms with E-state index in [0.29, 0.717) is 6.61 Å². The Morgan fingerprint density at radius 2 is 2.19 bits per heavy atom. The molecule has 0 aliphatic carbocycles. The van der Waals surface area contributed by atoms with Crippen molar-refractivity contribution >= 4 is 8.17 Å². The summed E-state index contributed by atoms with van der Waals surface area (Å²) in [6.07, 6.45) is 3.12. The number of halogens is 1. The number of nitrogens with one attached hydrogen (secondary N) is 1. The third-order valence-electron chi connectivity index (χ3n) is 4.43. The molecule has 0 amide bonds. The fourth-order valence-corrected chi connectivity index (χ4v) is 4.67. The molecule has 2 saturated heterocycles. The van der Waals surface area contributed by atoms with Gasteiger partial charge in [-0.05, 0) is 0 Å². The third-order valence-corrected chi connectivity index (χ3v) is 6.13. The van der Waals surface area contributed by atoms with Crippen LogP contribution in [-0.2, 0) is 18.3 Å². The van der Waals surface area contributed by atoms with Crippen molar-refractivity contribution in [2.24, 2.45) is 0 Å². The molecule has 3 heterocycles. The van der Waals surface area contributed by atoms with E-state index < -0.39 is 43.7 Å². The van der Waals surface area contributed by atoms with Crippen molar-refractivity contribution in [3.05, 3.63) is 32.9 Å². The standard InChI is InChI=1S/C15H24FN2O7P/c1-2-3-4-5-6-22-26(21)23-9-12-11(25-26)7-13(24-12)18-8-10(16)14(19)17-15(18)20/h8,11-13,21,26H,2-7,9H2,1H3,(H,17,19,20)/t11-,12+,13+/m0/s1. The number of unbranched alkanes of at least 4 members (excludes halogenated alkanes) is 3. The van der Waals surface area contributed by atoms with Gasteiger partial charge in [-0.1, -0.05) is 0 Å². The summed E-state index contributed by atoms with van der Waals surface area (Å²) in [6, 6.07) is 0. The van der Waals surface area contributed by atoms with Crippen LogP contribution >= 0.6 is 8.17 Å². The molecule has 2 N–H and O–H groups in total. The maximum atomic E-state index is 13.5. The van der Waals surface area contributed by atoms with Crippen molar-refractivity contribution in [2.45, 2.75) is 57.5 Å². The van der Waals surface area contributed by atoms with Crippen LogP contribution in [0.15, 0.2) is 15.8 Å². The van der Waals surface area contributed by atoms with Crippen LogP contribution in [0.5, 0.6) is 0 Å². The minimum atomic E-state index is -3.75. The van der Waals surface area contributed by atoms with Gasteiger partial charge < -0.3 is 0 Å². The van der Waals surface area contributed by atoms with Crippen LogP contribution in [-0.4, -0.2) is 39.9 Å². The molecule has 0 radical (unpaired) electrons. The fourth-order valence-electron chi connectivity index (χ4n) is 3.04. The number of fused-ring (bicyclic) bond motifs is 1. The summed E-state index contributed by atoms with van der Waals surface area (Å²) < 4.78 is 36.5. The Bertz CT molecular complexity index is 741. The quantitative estimate of drug-likeness (QED) is 0.531. The Morgan fingerprint density at radius 1 is 1.38 bits per heavy atom. The topological polar surface area (TPSA) is 112 Å². The Labute approximate surface area is 149 Å². The molecule has 3 rings (SSSR count). The number of hydrogen-bond donors (Lipinski definition) is 2. The van der Waals surface area contributed by atoms with E-state index in [1.807, 2.05) is 4.98 Å². The second-order valence-corrected chi connectivity index (χ2v) is 8.27. The normalized spacial score (nSPS) is 28.7. The van der Waals surface area contributed by atoms with Gasteiger partial charge in [0.05, 0.1) is 0 Å². The average Bonchev–Trinajstić information content (AvgIpc) is 3.00. The number of nitrogens with zero attached hydrogens (tertiary/aromatic N) is 1. The molecule has 0 bridgehead atoms. The van der Waals surface area contributed by atoms with Crippen LogP contribution in [0.1, 0.15) is 45.3 Å². The Kier molecular flexibility index (Phi) is 6.21. The van der Waals surface area contributed by atoms with E-state index in [0.717, 1.165) is 36.4 Å². The predicted octanol–water partition coefficient (Wildman–Crippen LogP) is 1.38. The molecule has 9 nitrogen and oxygen atoms in total. The first-order chi connectivity index (χ1) is 12.4. The third kappa shape index (κ3) is 4.39. The Morgan fingerprint density at radius 3 is 2.96 bits per heavy atom. The van der Waals surface area contributed by atoms with Crippen molar-refractivity contribution in [1.82, 2.24) is 9.55 Å². The van der Waals surface area contributed by atoms with Gasteiger partial charge in [-0.25, -0.2) is 0 Å². The molecule has 2 aliphatic heterocycles. The van der Waals surface area contributed by atoms with E-state index in [1.54, 1.807) is 0 Å². The Hall–Kier alpha value is -1.16. The zero-order chi connectivity index (χ0) is 18.7. The monoisotopic (exact) mass is 394 g/mol. The second kappa shape index (κ2) is 8.24. The van der Waals surface area contributed by atoms with Gasteiger partial charge in [-0.2, -0.15) is 0 Å². The molecule has 0 unspecified atom stereocenters. The van der Waals surface area contributed by atoms with Crippen molar-refractivity contribution in [3.8, 4) is 0 Å². The molecule has 1 aromatic rings. The first kappa shape index (κ1) is 19.6. The van der Waals surface area contributed by atoms with Gasteiger partial charge in [0.25, 0.3) is 0 Å². The number of aromatic nitrogens is 2. The van der Waals surface area contributed by atoms with Crippen molar-refractivity contribution in [3.63, 3.8) is 0 Å². The molecular formula is C15H24FN2O7P. The molecule has 0 spiro atoms. The molecule has 148 valence electrons. The first-order valence-electron chi connectivity index (χ1n) is 8.76. The van der Waals surface area contributed by atoms with Crippen molar-refractivity contribution < 1.29 is 27.6 Å². The molecule has 2 aliphatic rings. The maximum absolute atomic E-state index is 13.5. The average molecular weight is 394 g/mol. The second-order valence-electron chi connectivity index (χ2n) is 6.41. The van der Waals surface area contributed by atoms with Gasteiger partial charge in [-0.3, -0.25) is 0 Å². The zero-order valence-electron chi connectivity index (χ0n) is 14.5. The molecule has 26 heavy (non-hydrogen) atoms. The summed E-state index contributed by atoms with van der Waals surface area (Å²) in [5, 5.41) is 0. The zero-order valence-corrected chi connectivity index (χ0v) is 15.5. The van der Waals surface area contributed by atoms with E-state index in [-0.39, 0.29) is 13.0 Å². The summed E-state index contributed by atoms with van der Waals surface area (Å²) in [4.78, 5) is 35.3. The minimum absolute atomic E-state index is 0.0550. The summed E-state index contributed by atoms with van der Waals surface area (Å²) >= 11 is 0. The van der Waals surface area contributed by atoms with E-state index >= 15 is 0 Å². The van der Waals surface area contributed by atoms with Crippen LogP contribution in [0.2, 0.25) is 0 Å². The number of H-pyrrole nitrogens is 1. The summed E-state index contributed by atoms with van der Waals surface area (Å²) in [5.74, 6) is -1.08. The van der Waals surface area contributed by atoms with Crippen LogP contribution in [0.3, 0.4) is 0 Å². The van der Waals surface area contributed by atoms with Crippen LogP contribution < -0.4 is 11.2 Å². The molecule has 2 fully saturated rings. The molecule has 0 saturated carbocycles. The van der Waals surface area contributed by atoms with E-state index in [9.17, 15) is 18.9 Å². The number of aromatic amines is 1. The summed E-state index contributed by atoms with van der Waals surface area (Å²) in [6.45, 7) is 2.50. The van der Waals surface area contributed by atoms with Crippen LogP contribution in [0.25, 0.3) is 0 Å². The van der Waals surface area contributed by atoms with Gasteiger partial charge in [-0.15, -0.1) is 0 Å². The van der Waals surface area contributed by atoms with Gasteiger partial charge in [0.2, 0.25) is 0 Å². The van der Waals surface area contributed by atoms with E-state index in [2.05, 4.69) is 6.92 Å². The predicted molar refractivity (Wildman–Crippen MR) is 91.3 cm³/mol. The van der Waals surface area contributed by atoms with Gasteiger partial charge >= 0.3 is 149 Å². The molecular weight excluding hydrogens is 370 g/mol. The van der Waals surface area contributed by atoms with Gasteiger partial charge in [0.1, 0.15) is 0 Å². The SMILES string of the molecule is CCCCCCO[PH]1(O)OC[C@H]2O[C@@H](n3cc(F)c(=O)[nH]c3=O)C[C@@H]2O1. The van der Waals surface area contributed by atoms with Crippen molar-refractivity contribution in [2.75, 3.05) is 13.2 Å². The summed E-state index contributed by atoms with van der Waals surface area (Å²) in [5.41, 5.74) is -1.86. The van der Waals surface area contributed by atoms with E-state index in [1.165, 1.54) is 0 Å². The van der Waals surface area contributed by atoms with Crippen molar-refractivity contribution in [1.29, 1.82) is 0 Å². The Balaban J connectivity index is 1.60. The number of hydrogen-bond acceptors (Lipinski definition) is 7. The molecule has 0 aromatic carbocycles. The number of ether oxygens (including phenoxy) is 1. The van der Waals surface area contributed by atoms with Crippen LogP contribution in [0.4, 0.5) is 4.39 Å². The summed E-state index contributed by atoms with van der Waals surface area (Å²) in [7, 11) is -3.75. The van der Waals surface area contributed by atoms with Gasteiger partial charge in [0.15, 0.2) is 0 Å². The first-order valence-corrected chi connectivity index (χ1v) is 10.4.